The van der Waals surface area contributed by atoms with E-state index in [9.17, 15) is 70.2 Å². The summed E-state index contributed by atoms with van der Waals surface area (Å²) in [7, 11) is 0. The van der Waals surface area contributed by atoms with Crippen LogP contribution in [0.4, 0.5) is 70.2 Å². The van der Waals surface area contributed by atoms with Crippen molar-refractivity contribution in [3.05, 3.63) is 35.4 Å². The van der Waals surface area contributed by atoms with Crippen LogP contribution in [0.2, 0.25) is 0 Å². The normalized spacial score (nSPS) is 15.6. The minimum absolute atomic E-state index is 0.0255. The lowest BCUT2D eigenvalue weighted by molar-refractivity contribution is -0.441. The SMILES string of the molecule is FC(F)(F)c1cccc(C(F)(F)C(F)(F)C(F)(F)C(F)(F)C(F)(F)C(F)(F)F)c1. The highest BCUT2D eigenvalue weighted by molar-refractivity contribution is 5.31. The molecule has 1 aromatic rings. The van der Waals surface area contributed by atoms with Crippen molar-refractivity contribution in [3.63, 3.8) is 0 Å². The van der Waals surface area contributed by atoms with E-state index in [0.29, 0.717) is 0 Å². The molecule has 0 spiro atoms. The quantitative estimate of drug-likeness (QED) is 0.416. The third-order valence-corrected chi connectivity index (χ3v) is 3.49. The predicted octanol–water partition coefficient (Wildman–Crippen LogP) is 6.90. The largest absolute Gasteiger partial charge is 0.460 e. The van der Waals surface area contributed by atoms with Gasteiger partial charge in [0.1, 0.15) is 0 Å². The molecule has 0 fully saturated rings. The molecule has 0 aliphatic heterocycles. The highest BCUT2D eigenvalue weighted by Gasteiger charge is 2.90. The molecule has 0 amide bonds. The molecule has 0 unspecified atom stereocenters. The van der Waals surface area contributed by atoms with Crippen LogP contribution in [0.25, 0.3) is 0 Å². The fourth-order valence-corrected chi connectivity index (χ4v) is 1.84. The monoisotopic (exact) mass is 464 g/mol. The van der Waals surface area contributed by atoms with Crippen LogP contribution in [0.5, 0.6) is 0 Å². The first-order valence-corrected chi connectivity index (χ1v) is 6.60. The summed E-state index contributed by atoms with van der Waals surface area (Å²) in [6.45, 7) is 0. The third kappa shape index (κ3) is 3.58. The van der Waals surface area contributed by atoms with Crippen LogP contribution in [0.3, 0.4) is 0 Å². The topological polar surface area (TPSA) is 0 Å². The van der Waals surface area contributed by atoms with Gasteiger partial charge < -0.3 is 0 Å². The van der Waals surface area contributed by atoms with Gasteiger partial charge >= 0.3 is 42.0 Å². The van der Waals surface area contributed by atoms with Gasteiger partial charge in [0.2, 0.25) is 0 Å². The van der Waals surface area contributed by atoms with Crippen molar-refractivity contribution >= 4 is 0 Å². The molecule has 16 heteroatoms. The molecule has 168 valence electrons. The van der Waals surface area contributed by atoms with Crippen molar-refractivity contribution in [2.45, 2.75) is 42.0 Å². The van der Waals surface area contributed by atoms with E-state index in [4.69, 9.17) is 0 Å². The van der Waals surface area contributed by atoms with Gasteiger partial charge in [-0.15, -0.1) is 0 Å². The predicted molar refractivity (Wildman–Crippen MR) is 61.2 cm³/mol. The van der Waals surface area contributed by atoms with E-state index in [2.05, 4.69) is 0 Å². The number of halogens is 16. The third-order valence-electron chi connectivity index (χ3n) is 3.49. The Morgan fingerprint density at radius 1 is 0.448 bits per heavy atom. The second-order valence-corrected chi connectivity index (χ2v) is 5.45. The molecule has 0 atom stereocenters. The van der Waals surface area contributed by atoms with Crippen LogP contribution >= 0.6 is 0 Å². The Kier molecular flexibility index (Phi) is 5.68. The number of alkyl halides is 16. The Labute approximate surface area is 149 Å². The van der Waals surface area contributed by atoms with Crippen LogP contribution in [-0.2, 0) is 12.1 Å². The van der Waals surface area contributed by atoms with Gasteiger partial charge in [0.15, 0.2) is 0 Å². The van der Waals surface area contributed by atoms with E-state index in [-0.39, 0.29) is 18.2 Å². The lowest BCUT2D eigenvalue weighted by Crippen LogP contribution is -2.69. The second kappa shape index (κ2) is 6.55. The van der Waals surface area contributed by atoms with E-state index in [1.807, 2.05) is 0 Å². The molecule has 0 saturated heterocycles. The van der Waals surface area contributed by atoms with Crippen LogP contribution in [-0.4, -0.2) is 29.9 Å². The molecule has 0 radical (unpaired) electrons. The first kappa shape index (κ1) is 25.1. The summed E-state index contributed by atoms with van der Waals surface area (Å²) in [4.78, 5) is 0. The van der Waals surface area contributed by atoms with E-state index in [1.165, 1.54) is 0 Å². The molecule has 0 aromatic heterocycles. The first-order valence-electron chi connectivity index (χ1n) is 6.60. The summed E-state index contributed by atoms with van der Waals surface area (Å²) in [5.74, 6) is -38.5. The molecular formula is C13H4F16. The number of rotatable bonds is 5. The number of hydrogen-bond donors (Lipinski definition) is 0. The fourth-order valence-electron chi connectivity index (χ4n) is 1.84. The van der Waals surface area contributed by atoms with Crippen LogP contribution in [0.1, 0.15) is 11.1 Å². The molecule has 29 heavy (non-hydrogen) atoms. The zero-order valence-electron chi connectivity index (χ0n) is 12.9. The van der Waals surface area contributed by atoms with Crippen LogP contribution in [0, 0.1) is 0 Å². The Morgan fingerprint density at radius 2 is 0.828 bits per heavy atom. The summed E-state index contributed by atoms with van der Waals surface area (Å²) >= 11 is 0. The Hall–Kier alpha value is -1.90. The molecule has 0 aliphatic carbocycles. The molecular weight excluding hydrogens is 460 g/mol. The molecule has 0 N–H and O–H groups in total. The second-order valence-electron chi connectivity index (χ2n) is 5.45. The molecule has 0 heterocycles. The van der Waals surface area contributed by atoms with Crippen LogP contribution in [0.15, 0.2) is 24.3 Å². The first-order chi connectivity index (χ1) is 12.5. The molecule has 1 rings (SSSR count). The lowest BCUT2D eigenvalue weighted by atomic mass is 9.90. The highest BCUT2D eigenvalue weighted by Crippen LogP contribution is 2.62. The van der Waals surface area contributed by atoms with Crippen molar-refractivity contribution in [1.82, 2.24) is 0 Å². The van der Waals surface area contributed by atoms with Gasteiger partial charge in [-0.2, -0.15) is 70.2 Å². The van der Waals surface area contributed by atoms with Crippen molar-refractivity contribution in [2.75, 3.05) is 0 Å². The van der Waals surface area contributed by atoms with Crippen molar-refractivity contribution in [2.24, 2.45) is 0 Å². The van der Waals surface area contributed by atoms with Crippen molar-refractivity contribution in [1.29, 1.82) is 0 Å². The van der Waals surface area contributed by atoms with Gasteiger partial charge in [-0.05, 0) is 12.1 Å². The standard InChI is InChI=1S/C13H4F16/c14-7(15,5-2-1-3-6(4-5)8(16,17)18)9(19,20)10(21,22)11(23,24)12(25,26)13(27,28)29/h1-4H. The minimum atomic E-state index is -8.12. The maximum Gasteiger partial charge on any atom is 0.460 e. The summed E-state index contributed by atoms with van der Waals surface area (Å²) in [5.41, 5.74) is -4.84. The summed E-state index contributed by atoms with van der Waals surface area (Å²) < 4.78 is 206. The Balaban J connectivity index is 3.63. The molecule has 0 bridgehead atoms. The van der Waals surface area contributed by atoms with E-state index in [0.717, 1.165) is 0 Å². The van der Waals surface area contributed by atoms with Gasteiger partial charge in [0.05, 0.1) is 5.56 Å². The maximum atomic E-state index is 13.8. The van der Waals surface area contributed by atoms with Gasteiger partial charge in [-0.25, -0.2) is 0 Å². The van der Waals surface area contributed by atoms with Gasteiger partial charge in [-0.1, -0.05) is 12.1 Å². The average molecular weight is 464 g/mol. The summed E-state index contributed by atoms with van der Waals surface area (Å²) in [6.07, 6.45) is -13.1. The zero-order valence-corrected chi connectivity index (χ0v) is 12.9. The maximum absolute atomic E-state index is 13.8. The Morgan fingerprint density at radius 3 is 1.21 bits per heavy atom. The number of benzene rings is 1. The smallest absolute Gasteiger partial charge is 0.194 e. The van der Waals surface area contributed by atoms with Gasteiger partial charge in [0, 0.05) is 5.56 Å². The Bertz CT molecular complexity index is 738. The highest BCUT2D eigenvalue weighted by atomic mass is 19.4. The molecule has 0 nitrogen and oxygen atoms in total. The molecule has 1 aromatic carbocycles. The fraction of sp³-hybridized carbons (Fsp3) is 0.538. The number of hydrogen-bond acceptors (Lipinski definition) is 0. The van der Waals surface area contributed by atoms with Crippen LogP contribution < -0.4 is 0 Å². The lowest BCUT2D eigenvalue weighted by Gasteiger charge is -2.39. The van der Waals surface area contributed by atoms with Gasteiger partial charge in [0.25, 0.3) is 0 Å². The van der Waals surface area contributed by atoms with E-state index in [1.54, 1.807) is 0 Å². The minimum Gasteiger partial charge on any atom is -0.194 e. The van der Waals surface area contributed by atoms with E-state index < -0.39 is 59.2 Å². The molecule has 0 saturated carbocycles. The van der Waals surface area contributed by atoms with Crippen molar-refractivity contribution in [3.8, 4) is 0 Å². The molecule has 0 aliphatic rings. The zero-order chi connectivity index (χ0) is 23.5. The van der Waals surface area contributed by atoms with E-state index >= 15 is 0 Å². The summed E-state index contributed by atoms with van der Waals surface area (Å²) in [6, 6.07) is -1.33. The summed E-state index contributed by atoms with van der Waals surface area (Å²) in [5, 5.41) is 0. The van der Waals surface area contributed by atoms with Crippen molar-refractivity contribution < 1.29 is 70.2 Å². The average Bonchev–Trinajstić information content (AvgIpc) is 2.52. The van der Waals surface area contributed by atoms with Gasteiger partial charge in [-0.3, -0.25) is 0 Å².